The Morgan fingerprint density at radius 2 is 2.03 bits per heavy atom. The van der Waals surface area contributed by atoms with Crippen LogP contribution in [0.25, 0.3) is 10.2 Å². The number of hydrogen-bond donors (Lipinski definition) is 1. The highest BCUT2D eigenvalue weighted by molar-refractivity contribution is 7.89. The lowest BCUT2D eigenvalue weighted by Gasteiger charge is -2.31. The number of nitrogens with one attached hydrogen (secondary N) is 1. The summed E-state index contributed by atoms with van der Waals surface area (Å²) in [6.45, 7) is 0.571. The van der Waals surface area contributed by atoms with Crippen LogP contribution in [0.4, 0.5) is 5.69 Å². The monoisotopic (exact) mass is 431 g/mol. The highest BCUT2D eigenvalue weighted by Gasteiger charge is 2.33. The minimum Gasteiger partial charge on any atom is -0.497 e. The second-order valence-corrected chi connectivity index (χ2v) is 9.73. The topological polar surface area (TPSA) is 88.6 Å². The molecule has 0 bridgehead atoms. The van der Waals surface area contributed by atoms with Crippen molar-refractivity contribution in [1.82, 2.24) is 9.29 Å². The van der Waals surface area contributed by atoms with Crippen LogP contribution in [0.1, 0.15) is 12.8 Å². The van der Waals surface area contributed by atoms with Crippen molar-refractivity contribution in [1.29, 1.82) is 0 Å². The second kappa shape index (κ2) is 8.10. The second-order valence-electron chi connectivity index (χ2n) is 6.90. The van der Waals surface area contributed by atoms with E-state index in [1.807, 2.05) is 18.2 Å². The highest BCUT2D eigenvalue weighted by atomic mass is 32.2. The number of hydrogen-bond acceptors (Lipinski definition) is 6. The van der Waals surface area contributed by atoms with Gasteiger partial charge in [0.05, 0.1) is 33.7 Å². The molecular formula is C20H21N3O4S2. The molecule has 9 heteroatoms. The number of aromatic nitrogens is 1. The molecule has 29 heavy (non-hydrogen) atoms. The Hall–Kier alpha value is -2.49. The Bertz CT molecular complexity index is 1130. The van der Waals surface area contributed by atoms with E-state index >= 15 is 0 Å². The summed E-state index contributed by atoms with van der Waals surface area (Å²) in [5.41, 5.74) is 3.27. The van der Waals surface area contributed by atoms with E-state index in [0.29, 0.717) is 30.8 Å². The summed E-state index contributed by atoms with van der Waals surface area (Å²) in [7, 11) is -2.13. The molecule has 1 fully saturated rings. The van der Waals surface area contributed by atoms with Crippen LogP contribution in [0.2, 0.25) is 0 Å². The van der Waals surface area contributed by atoms with E-state index < -0.39 is 15.9 Å². The smallest absolute Gasteiger partial charge is 0.243 e. The lowest BCUT2D eigenvalue weighted by atomic mass is 9.98. The summed E-state index contributed by atoms with van der Waals surface area (Å²) >= 11 is 1.54. The molecule has 152 valence electrons. The van der Waals surface area contributed by atoms with Gasteiger partial charge in [-0.25, -0.2) is 13.4 Å². The van der Waals surface area contributed by atoms with Crippen LogP contribution in [0, 0.1) is 5.92 Å². The van der Waals surface area contributed by atoms with Crippen LogP contribution in [0.15, 0.2) is 52.9 Å². The highest BCUT2D eigenvalue weighted by Crippen LogP contribution is 2.27. The summed E-state index contributed by atoms with van der Waals surface area (Å²) in [5.74, 6) is 0.0223. The SMILES string of the molecule is COc1ccc(S(=O)(=O)N2CCCC(C(=O)Nc3ccc4scnc4c3)C2)cc1. The maximum atomic E-state index is 13.0. The first-order chi connectivity index (χ1) is 14.0. The normalized spacial score (nSPS) is 17.9. The van der Waals surface area contributed by atoms with E-state index in [9.17, 15) is 13.2 Å². The molecular weight excluding hydrogens is 410 g/mol. The van der Waals surface area contributed by atoms with Gasteiger partial charge in [0.1, 0.15) is 5.75 Å². The predicted molar refractivity (Wildman–Crippen MR) is 113 cm³/mol. The van der Waals surface area contributed by atoms with Gasteiger partial charge in [-0.1, -0.05) is 0 Å². The number of nitrogens with zero attached hydrogens (tertiary/aromatic N) is 2. The van der Waals surface area contributed by atoms with Crippen molar-refractivity contribution in [3.05, 3.63) is 48.0 Å². The third kappa shape index (κ3) is 4.12. The van der Waals surface area contributed by atoms with Crippen molar-refractivity contribution in [2.45, 2.75) is 17.7 Å². The molecule has 1 unspecified atom stereocenters. The van der Waals surface area contributed by atoms with E-state index in [-0.39, 0.29) is 17.3 Å². The number of anilines is 1. The molecule has 0 spiro atoms. The molecule has 1 aliphatic heterocycles. The minimum absolute atomic E-state index is 0.166. The summed E-state index contributed by atoms with van der Waals surface area (Å²) in [5, 5.41) is 2.91. The quantitative estimate of drug-likeness (QED) is 0.669. The van der Waals surface area contributed by atoms with Crippen molar-refractivity contribution >= 4 is 43.2 Å². The fourth-order valence-electron chi connectivity index (χ4n) is 3.45. The minimum atomic E-state index is -3.66. The molecule has 1 aromatic heterocycles. The zero-order valence-electron chi connectivity index (χ0n) is 15.9. The Kier molecular flexibility index (Phi) is 5.53. The van der Waals surface area contributed by atoms with Gasteiger partial charge in [-0.2, -0.15) is 4.31 Å². The van der Waals surface area contributed by atoms with Gasteiger partial charge in [0.2, 0.25) is 15.9 Å². The Labute approximate surface area is 173 Å². The van der Waals surface area contributed by atoms with Crippen LogP contribution in [-0.2, 0) is 14.8 Å². The van der Waals surface area contributed by atoms with Gasteiger partial charge in [0.15, 0.2) is 0 Å². The molecule has 4 rings (SSSR count). The maximum absolute atomic E-state index is 13.0. The molecule has 2 aromatic carbocycles. The number of amides is 1. The van der Waals surface area contributed by atoms with E-state index in [2.05, 4.69) is 10.3 Å². The molecule has 1 atom stereocenters. The van der Waals surface area contributed by atoms with Crippen molar-refractivity contribution in [2.24, 2.45) is 5.92 Å². The lowest BCUT2D eigenvalue weighted by Crippen LogP contribution is -2.43. The number of carbonyl (C=O) groups excluding carboxylic acids is 1. The third-order valence-electron chi connectivity index (χ3n) is 5.05. The van der Waals surface area contributed by atoms with Gasteiger partial charge in [0, 0.05) is 18.8 Å². The van der Waals surface area contributed by atoms with Crippen molar-refractivity contribution in [3.8, 4) is 5.75 Å². The first-order valence-electron chi connectivity index (χ1n) is 9.26. The van der Waals surface area contributed by atoms with Gasteiger partial charge in [0.25, 0.3) is 0 Å². The molecule has 3 aromatic rings. The Morgan fingerprint density at radius 3 is 2.79 bits per heavy atom. The number of benzene rings is 2. The van der Waals surface area contributed by atoms with Gasteiger partial charge in [-0.05, 0) is 55.3 Å². The molecule has 0 saturated carbocycles. The van der Waals surface area contributed by atoms with Crippen molar-refractivity contribution < 1.29 is 17.9 Å². The third-order valence-corrected chi connectivity index (χ3v) is 7.74. The van der Waals surface area contributed by atoms with Crippen LogP contribution in [0.3, 0.4) is 0 Å². The molecule has 7 nitrogen and oxygen atoms in total. The summed E-state index contributed by atoms with van der Waals surface area (Å²) in [6, 6.07) is 11.9. The van der Waals surface area contributed by atoms with E-state index in [4.69, 9.17) is 4.74 Å². The van der Waals surface area contributed by atoms with Gasteiger partial charge in [-0.15, -0.1) is 11.3 Å². The number of carbonyl (C=O) groups is 1. The lowest BCUT2D eigenvalue weighted by molar-refractivity contribution is -0.120. The summed E-state index contributed by atoms with van der Waals surface area (Å²) in [4.78, 5) is 17.2. The zero-order valence-corrected chi connectivity index (χ0v) is 17.5. The van der Waals surface area contributed by atoms with Gasteiger partial charge < -0.3 is 10.1 Å². The molecule has 0 aliphatic carbocycles. The van der Waals surface area contributed by atoms with Crippen molar-refractivity contribution in [3.63, 3.8) is 0 Å². The number of fused-ring (bicyclic) bond motifs is 1. The summed E-state index contributed by atoms with van der Waals surface area (Å²) in [6.07, 6.45) is 1.29. The molecule has 1 aliphatic rings. The largest absolute Gasteiger partial charge is 0.497 e. The van der Waals surface area contributed by atoms with Crippen LogP contribution >= 0.6 is 11.3 Å². The first kappa shape index (κ1) is 19.8. The average molecular weight is 432 g/mol. The van der Waals surface area contributed by atoms with Crippen LogP contribution in [-0.4, -0.2) is 43.8 Å². The number of piperidine rings is 1. The Balaban J connectivity index is 1.47. The molecule has 0 radical (unpaired) electrons. The molecule has 1 amide bonds. The van der Waals surface area contributed by atoms with Crippen LogP contribution in [0.5, 0.6) is 5.75 Å². The van der Waals surface area contributed by atoms with E-state index in [1.54, 1.807) is 29.0 Å². The van der Waals surface area contributed by atoms with Crippen LogP contribution < -0.4 is 10.1 Å². The number of thiazole rings is 1. The zero-order chi connectivity index (χ0) is 20.4. The first-order valence-corrected chi connectivity index (χ1v) is 11.6. The van der Waals surface area contributed by atoms with Crippen molar-refractivity contribution in [2.75, 3.05) is 25.5 Å². The number of methoxy groups -OCH3 is 1. The number of sulfonamides is 1. The fourth-order valence-corrected chi connectivity index (χ4v) is 5.63. The van der Waals surface area contributed by atoms with E-state index in [1.165, 1.54) is 23.5 Å². The number of ether oxygens (including phenoxy) is 1. The van der Waals surface area contributed by atoms with Gasteiger partial charge >= 0.3 is 0 Å². The number of rotatable bonds is 5. The molecule has 1 N–H and O–H groups in total. The predicted octanol–water partition coefficient (Wildman–Crippen LogP) is 3.34. The summed E-state index contributed by atoms with van der Waals surface area (Å²) < 4.78 is 33.5. The van der Waals surface area contributed by atoms with E-state index in [0.717, 1.165) is 10.2 Å². The Morgan fingerprint density at radius 1 is 1.24 bits per heavy atom. The molecule has 1 saturated heterocycles. The fraction of sp³-hybridized carbons (Fsp3) is 0.300. The maximum Gasteiger partial charge on any atom is 0.243 e. The van der Waals surface area contributed by atoms with Gasteiger partial charge in [-0.3, -0.25) is 4.79 Å². The average Bonchev–Trinajstić information content (AvgIpc) is 3.22. The molecule has 2 heterocycles. The standard InChI is InChI=1S/C20H21N3O4S2/c1-27-16-5-7-17(8-6-16)29(25,26)23-10-2-3-14(12-23)20(24)22-15-4-9-19-18(11-15)21-13-28-19/h4-9,11,13-14H,2-3,10,12H2,1H3,(H,22,24).